The molecule has 3 N–H and O–H groups in total. The van der Waals surface area contributed by atoms with Crippen molar-refractivity contribution in [2.75, 3.05) is 0 Å². The van der Waals surface area contributed by atoms with Crippen LogP contribution in [0.5, 0.6) is 0 Å². The zero-order valence-corrected chi connectivity index (χ0v) is 8.42. The van der Waals surface area contributed by atoms with Crippen LogP contribution in [-0.2, 0) is 6.54 Å². The summed E-state index contributed by atoms with van der Waals surface area (Å²) in [6.45, 7) is 0.696. The summed E-state index contributed by atoms with van der Waals surface area (Å²) in [5.74, 6) is 0.0887. The van der Waals surface area contributed by atoms with Gasteiger partial charge in [-0.25, -0.2) is 0 Å². The zero-order chi connectivity index (χ0) is 9.26. The standard InChI is InChI=1S/C10H11N3.ClH/c11-10(12)13-6-5-8-3-1-2-4-9(8)7-13;/h1-6H,7H2,(H3,11,12);1H. The lowest BCUT2D eigenvalue weighted by Gasteiger charge is -2.23. The monoisotopic (exact) mass is 209 g/mol. The molecule has 1 aliphatic rings. The van der Waals surface area contributed by atoms with E-state index in [0.717, 1.165) is 0 Å². The predicted molar refractivity (Wildman–Crippen MR) is 60.2 cm³/mol. The Morgan fingerprint density at radius 2 is 2.07 bits per heavy atom. The smallest absolute Gasteiger partial charge is 0.192 e. The highest BCUT2D eigenvalue weighted by molar-refractivity contribution is 5.85. The van der Waals surface area contributed by atoms with Crippen molar-refractivity contribution in [3.8, 4) is 0 Å². The molecule has 0 atom stereocenters. The Labute approximate surface area is 89.1 Å². The summed E-state index contributed by atoms with van der Waals surface area (Å²) in [7, 11) is 0. The van der Waals surface area contributed by atoms with Gasteiger partial charge in [-0.1, -0.05) is 24.3 Å². The average molecular weight is 210 g/mol. The van der Waals surface area contributed by atoms with Crippen LogP contribution in [0.25, 0.3) is 6.08 Å². The molecule has 1 aromatic rings. The molecule has 1 heterocycles. The molecule has 0 spiro atoms. The van der Waals surface area contributed by atoms with Gasteiger partial charge in [-0.3, -0.25) is 5.41 Å². The molecule has 1 aromatic carbocycles. The van der Waals surface area contributed by atoms with Gasteiger partial charge in [-0.2, -0.15) is 0 Å². The first-order chi connectivity index (χ1) is 6.27. The molecule has 2 rings (SSSR count). The Morgan fingerprint density at radius 1 is 1.36 bits per heavy atom. The second kappa shape index (κ2) is 4.15. The topological polar surface area (TPSA) is 53.1 Å². The number of rotatable bonds is 0. The summed E-state index contributed by atoms with van der Waals surface area (Å²) in [6.07, 6.45) is 3.81. The maximum atomic E-state index is 7.28. The fourth-order valence-corrected chi connectivity index (χ4v) is 1.41. The number of guanidine groups is 1. The Morgan fingerprint density at radius 3 is 2.79 bits per heavy atom. The summed E-state index contributed by atoms with van der Waals surface area (Å²) in [5, 5.41) is 7.28. The number of halogens is 1. The molecule has 0 radical (unpaired) electrons. The third-order valence-electron chi connectivity index (χ3n) is 2.14. The Balaban J connectivity index is 0.000000980. The SMILES string of the molecule is Cl.N=C(N)N1C=Cc2ccccc2C1. The summed E-state index contributed by atoms with van der Waals surface area (Å²) in [4.78, 5) is 1.71. The number of fused-ring (bicyclic) bond motifs is 1. The van der Waals surface area contributed by atoms with Crippen LogP contribution in [0.2, 0.25) is 0 Å². The molecule has 0 saturated carbocycles. The van der Waals surface area contributed by atoms with Crippen molar-refractivity contribution in [1.82, 2.24) is 4.90 Å². The van der Waals surface area contributed by atoms with E-state index in [-0.39, 0.29) is 18.4 Å². The predicted octanol–water partition coefficient (Wildman–Crippen LogP) is 1.79. The summed E-state index contributed by atoms with van der Waals surface area (Å²) >= 11 is 0. The van der Waals surface area contributed by atoms with E-state index >= 15 is 0 Å². The van der Waals surface area contributed by atoms with Gasteiger partial charge in [0, 0.05) is 6.20 Å². The van der Waals surface area contributed by atoms with Gasteiger partial charge in [0.05, 0.1) is 6.54 Å². The van der Waals surface area contributed by atoms with E-state index in [1.165, 1.54) is 11.1 Å². The highest BCUT2D eigenvalue weighted by Crippen LogP contribution is 2.18. The molecule has 0 unspecified atom stereocenters. The van der Waals surface area contributed by atoms with Crippen LogP contribution in [-0.4, -0.2) is 10.9 Å². The molecule has 0 aromatic heterocycles. The van der Waals surface area contributed by atoms with E-state index in [9.17, 15) is 0 Å². The minimum Gasteiger partial charge on any atom is -0.370 e. The lowest BCUT2D eigenvalue weighted by Crippen LogP contribution is -2.32. The van der Waals surface area contributed by atoms with Gasteiger partial charge in [0.15, 0.2) is 5.96 Å². The van der Waals surface area contributed by atoms with Gasteiger partial charge in [-0.15, -0.1) is 12.4 Å². The number of nitrogens with one attached hydrogen (secondary N) is 1. The van der Waals surface area contributed by atoms with Gasteiger partial charge in [-0.05, 0) is 17.2 Å². The van der Waals surface area contributed by atoms with Crippen LogP contribution in [0, 0.1) is 5.41 Å². The van der Waals surface area contributed by atoms with Crippen LogP contribution in [0.15, 0.2) is 30.5 Å². The van der Waals surface area contributed by atoms with Gasteiger partial charge in [0.25, 0.3) is 0 Å². The average Bonchev–Trinajstić information content (AvgIpc) is 2.17. The maximum absolute atomic E-state index is 7.28. The molecule has 0 amide bonds. The summed E-state index contributed by atoms with van der Waals surface area (Å²) in [5.41, 5.74) is 7.80. The Bertz CT molecular complexity index is 373. The van der Waals surface area contributed by atoms with Crippen molar-refractivity contribution in [3.63, 3.8) is 0 Å². The van der Waals surface area contributed by atoms with Crippen molar-refractivity contribution in [2.24, 2.45) is 5.73 Å². The number of nitrogens with two attached hydrogens (primary N) is 1. The first kappa shape index (κ1) is 10.6. The summed E-state index contributed by atoms with van der Waals surface area (Å²) in [6, 6.07) is 8.11. The molecule has 74 valence electrons. The summed E-state index contributed by atoms with van der Waals surface area (Å²) < 4.78 is 0. The fourth-order valence-electron chi connectivity index (χ4n) is 1.41. The number of hydrogen-bond acceptors (Lipinski definition) is 1. The molecule has 0 fully saturated rings. The van der Waals surface area contributed by atoms with Crippen LogP contribution in [0.3, 0.4) is 0 Å². The van der Waals surface area contributed by atoms with Crippen molar-refractivity contribution in [3.05, 3.63) is 41.6 Å². The molecule has 3 nitrogen and oxygen atoms in total. The molecular formula is C10H12ClN3. The van der Waals surface area contributed by atoms with E-state index in [0.29, 0.717) is 6.54 Å². The van der Waals surface area contributed by atoms with Crippen LogP contribution >= 0.6 is 12.4 Å². The van der Waals surface area contributed by atoms with Crippen molar-refractivity contribution >= 4 is 24.4 Å². The third-order valence-corrected chi connectivity index (χ3v) is 2.14. The molecule has 0 saturated heterocycles. The van der Waals surface area contributed by atoms with Crippen molar-refractivity contribution in [1.29, 1.82) is 5.41 Å². The number of hydrogen-bond donors (Lipinski definition) is 2. The molecule has 0 bridgehead atoms. The van der Waals surface area contributed by atoms with E-state index in [1.54, 1.807) is 4.90 Å². The molecule has 0 aliphatic carbocycles. The lowest BCUT2D eigenvalue weighted by molar-refractivity contribution is 0.538. The first-order valence-electron chi connectivity index (χ1n) is 4.14. The molecule has 4 heteroatoms. The fraction of sp³-hybridized carbons (Fsp3) is 0.100. The normalized spacial score (nSPS) is 13.0. The highest BCUT2D eigenvalue weighted by Gasteiger charge is 2.10. The largest absolute Gasteiger partial charge is 0.370 e. The van der Waals surface area contributed by atoms with E-state index in [2.05, 4.69) is 12.1 Å². The van der Waals surface area contributed by atoms with Gasteiger partial charge in [0.2, 0.25) is 0 Å². The molecule has 14 heavy (non-hydrogen) atoms. The van der Waals surface area contributed by atoms with Crippen LogP contribution in [0.1, 0.15) is 11.1 Å². The second-order valence-electron chi connectivity index (χ2n) is 3.03. The van der Waals surface area contributed by atoms with E-state index < -0.39 is 0 Å². The number of benzene rings is 1. The molecular weight excluding hydrogens is 198 g/mol. The van der Waals surface area contributed by atoms with Gasteiger partial charge < -0.3 is 10.6 Å². The third kappa shape index (κ3) is 1.88. The van der Waals surface area contributed by atoms with Gasteiger partial charge in [0.1, 0.15) is 0 Å². The maximum Gasteiger partial charge on any atom is 0.192 e. The second-order valence-corrected chi connectivity index (χ2v) is 3.03. The van der Waals surface area contributed by atoms with E-state index in [1.807, 2.05) is 24.4 Å². The Kier molecular flexibility index (Phi) is 3.14. The Hall–Kier alpha value is -1.48. The number of nitrogens with zero attached hydrogens (tertiary/aromatic N) is 1. The van der Waals surface area contributed by atoms with Crippen molar-refractivity contribution < 1.29 is 0 Å². The minimum atomic E-state index is 0. The minimum absolute atomic E-state index is 0. The van der Waals surface area contributed by atoms with Gasteiger partial charge >= 0.3 is 0 Å². The lowest BCUT2D eigenvalue weighted by atomic mass is 10.0. The quantitative estimate of drug-likeness (QED) is 0.506. The van der Waals surface area contributed by atoms with Crippen molar-refractivity contribution in [2.45, 2.75) is 6.54 Å². The van der Waals surface area contributed by atoms with Crippen LogP contribution < -0.4 is 5.73 Å². The van der Waals surface area contributed by atoms with Crippen LogP contribution in [0.4, 0.5) is 0 Å². The first-order valence-corrected chi connectivity index (χ1v) is 4.14. The highest BCUT2D eigenvalue weighted by atomic mass is 35.5. The van der Waals surface area contributed by atoms with E-state index in [4.69, 9.17) is 11.1 Å². The zero-order valence-electron chi connectivity index (χ0n) is 7.60. The molecule has 1 aliphatic heterocycles.